The highest BCUT2D eigenvalue weighted by molar-refractivity contribution is 6.18. The summed E-state index contributed by atoms with van der Waals surface area (Å²) in [5.74, 6) is -1.33. The van der Waals surface area contributed by atoms with Crippen LogP contribution in [0.3, 0.4) is 0 Å². The topological polar surface area (TPSA) is 243 Å². The van der Waals surface area contributed by atoms with Crippen LogP contribution in [0.4, 0.5) is 0 Å². The zero-order valence-electron chi connectivity index (χ0n) is 37.6. The van der Waals surface area contributed by atoms with E-state index in [0.29, 0.717) is 33.0 Å². The van der Waals surface area contributed by atoms with Crippen molar-refractivity contribution in [3.05, 3.63) is 164 Å². The van der Waals surface area contributed by atoms with Crippen molar-refractivity contribution in [1.29, 1.82) is 42.1 Å². The van der Waals surface area contributed by atoms with Crippen molar-refractivity contribution in [2.24, 2.45) is 0 Å². The number of carbonyl (C=O) groups is 2. The molecule has 0 atom stereocenters. The average molecular weight is 885 g/mol. The Kier molecular flexibility index (Phi) is 14.1. The number of nitriles is 8. The fraction of sp³-hybridized carbons (Fsp3) is 0.143. The molecule has 2 aromatic carbocycles. The first-order valence-corrected chi connectivity index (χ1v) is 20.8. The summed E-state index contributed by atoms with van der Waals surface area (Å²) in [6.07, 6.45) is 0. The van der Waals surface area contributed by atoms with Crippen molar-refractivity contribution in [3.8, 4) is 70.8 Å². The molecular weight excluding hydrogens is 849 g/mol. The number of hydrogen-bond acceptors (Lipinski definition) is 12. The fourth-order valence-corrected chi connectivity index (χ4v) is 8.20. The van der Waals surface area contributed by atoms with Crippen molar-refractivity contribution in [2.75, 3.05) is 14.2 Å². The van der Waals surface area contributed by atoms with E-state index in [-0.39, 0.29) is 67.5 Å². The molecule has 0 aliphatic heterocycles. The second-order valence-electron chi connectivity index (χ2n) is 15.9. The van der Waals surface area contributed by atoms with Gasteiger partial charge in [0.15, 0.2) is 0 Å². The second kappa shape index (κ2) is 20.2. The summed E-state index contributed by atoms with van der Waals surface area (Å²) in [7, 11) is 2.44. The van der Waals surface area contributed by atoms with Crippen LogP contribution in [0.1, 0.15) is 93.6 Å². The Morgan fingerprint density at radius 1 is 0.397 bits per heavy atom. The van der Waals surface area contributed by atoms with Crippen LogP contribution < -0.4 is 0 Å². The molecule has 0 unspecified atom stereocenters. The van der Waals surface area contributed by atoms with Gasteiger partial charge in [-0.15, -0.1) is 0 Å². The van der Waals surface area contributed by atoms with Crippen molar-refractivity contribution >= 4 is 45.0 Å². The van der Waals surface area contributed by atoms with E-state index in [1.54, 1.807) is 60.7 Å². The summed E-state index contributed by atoms with van der Waals surface area (Å²) in [4.78, 5) is 26.7. The lowest BCUT2D eigenvalue weighted by atomic mass is 9.83. The Morgan fingerprint density at radius 3 is 1.04 bits per heavy atom. The van der Waals surface area contributed by atoms with Gasteiger partial charge in [-0.2, -0.15) is 42.1 Å². The molecule has 2 aromatic rings. The van der Waals surface area contributed by atoms with Gasteiger partial charge in [0.05, 0.1) is 25.3 Å². The van der Waals surface area contributed by atoms with Gasteiger partial charge in [-0.25, -0.2) is 9.59 Å². The molecular formula is C56H36N8O4. The molecule has 4 aliphatic rings. The number of benzene rings is 2. The van der Waals surface area contributed by atoms with Crippen LogP contribution in [0.5, 0.6) is 0 Å². The molecule has 0 bridgehead atoms. The molecule has 0 amide bonds. The lowest BCUT2D eigenvalue weighted by Gasteiger charge is -2.17. The maximum Gasteiger partial charge on any atom is 0.338 e. The van der Waals surface area contributed by atoms with Crippen LogP contribution in [0.25, 0.3) is 55.3 Å². The molecule has 0 radical (unpaired) electrons. The number of rotatable bonds is 10. The molecule has 68 heavy (non-hydrogen) atoms. The van der Waals surface area contributed by atoms with E-state index in [2.05, 4.69) is 0 Å². The minimum Gasteiger partial charge on any atom is -0.465 e. The molecule has 0 saturated carbocycles. The van der Waals surface area contributed by atoms with E-state index in [9.17, 15) is 51.7 Å². The van der Waals surface area contributed by atoms with Crippen LogP contribution in [0, 0.1) is 90.6 Å². The zero-order valence-corrected chi connectivity index (χ0v) is 37.6. The van der Waals surface area contributed by atoms with Crippen LogP contribution in [0.15, 0.2) is 119 Å². The Balaban J connectivity index is 1.69. The number of carbonyl (C=O) groups excluding carboxylic acids is 2. The summed E-state index contributed by atoms with van der Waals surface area (Å²) in [6.45, 7) is 7.91. The van der Waals surface area contributed by atoms with Crippen LogP contribution in [-0.4, -0.2) is 26.2 Å². The van der Waals surface area contributed by atoms with Gasteiger partial charge in [0.1, 0.15) is 70.8 Å². The number of esters is 2. The number of fused-ring (bicyclic) bond motifs is 3. The van der Waals surface area contributed by atoms with Gasteiger partial charge >= 0.3 is 11.9 Å². The molecule has 12 heteroatoms. The summed E-state index contributed by atoms with van der Waals surface area (Å²) < 4.78 is 10.3. The highest BCUT2D eigenvalue weighted by Crippen LogP contribution is 2.47. The molecule has 4 aliphatic carbocycles. The number of allylic oxidation sites excluding steroid dienone is 8. The minimum absolute atomic E-state index is 0.0353. The zero-order chi connectivity index (χ0) is 49.4. The number of nitrogens with zero attached hydrogens (tertiary/aromatic N) is 8. The Bertz CT molecular complexity index is 3270. The molecule has 0 saturated heterocycles. The Labute approximate surface area is 393 Å². The molecule has 0 N–H and O–H groups in total. The third kappa shape index (κ3) is 8.62. The van der Waals surface area contributed by atoms with Crippen LogP contribution in [0.2, 0.25) is 0 Å². The SMILES string of the molecule is COC(=O)c1cc(C(=C(C#N)C#N)C(=C(C#N)C#N)c2ccc3ccc(C(=C(C#N)C#N)C(=C(C#N)C#N)c4cc(C(=O)OC)c5cc(C(C)C)cccc4-5)cc3c2)c2cccc(C(C)C)cc1-2. The molecule has 0 aromatic heterocycles. The van der Waals surface area contributed by atoms with E-state index in [1.165, 1.54) is 26.4 Å². The molecule has 324 valence electrons. The molecule has 0 spiro atoms. The molecule has 0 heterocycles. The molecule has 0 fully saturated rings. The van der Waals surface area contributed by atoms with Crippen molar-refractivity contribution in [2.45, 2.75) is 39.5 Å². The maximum atomic E-state index is 13.4. The minimum atomic E-state index is -0.700. The van der Waals surface area contributed by atoms with Gasteiger partial charge in [-0.3, -0.25) is 0 Å². The third-order valence-corrected chi connectivity index (χ3v) is 11.5. The van der Waals surface area contributed by atoms with E-state index in [1.807, 2.05) is 101 Å². The normalized spacial score (nSPS) is 10.2. The standard InChI is InChI=1S/C56H36N8O4/c1-31(2)34-9-7-11-43-45(19-34)49(55(65)67-5)21-47(43)53(41(27-61)28-62)51(39(23-57)24-58)36-15-13-33-14-16-37(18-38(33)17-36)52(40(25-59)26-60)54(42(29-63)30-64)48-22-50(56(66)68-6)46-20-35(32(3)4)10-8-12-44(46)48/h7-22,31-32H,1-6H3. The highest BCUT2D eigenvalue weighted by atomic mass is 16.5. The van der Waals surface area contributed by atoms with E-state index in [0.717, 1.165) is 11.1 Å². The summed E-state index contributed by atoms with van der Waals surface area (Å²) in [6, 6.07) is 42.4. The molecule has 6 rings (SSSR count). The van der Waals surface area contributed by atoms with Crippen LogP contribution >= 0.6 is 0 Å². The Morgan fingerprint density at radius 2 is 0.735 bits per heavy atom. The summed E-state index contributed by atoms with van der Waals surface area (Å²) in [5, 5.41) is 85.0. The number of methoxy groups -OCH3 is 2. The predicted molar refractivity (Wildman–Crippen MR) is 254 cm³/mol. The van der Waals surface area contributed by atoms with Crippen molar-refractivity contribution in [1.82, 2.24) is 0 Å². The summed E-state index contributed by atoms with van der Waals surface area (Å²) >= 11 is 0. The van der Waals surface area contributed by atoms with Gasteiger partial charge in [0.25, 0.3) is 0 Å². The largest absolute Gasteiger partial charge is 0.465 e. The lowest BCUT2D eigenvalue weighted by molar-refractivity contribution is 0.0593. The average Bonchev–Trinajstić information content (AvgIpc) is 3.66. The van der Waals surface area contributed by atoms with Crippen molar-refractivity contribution in [3.63, 3.8) is 0 Å². The Hall–Kier alpha value is -10.1. The summed E-state index contributed by atoms with van der Waals surface area (Å²) in [5.41, 5.74) is 2.22. The second-order valence-corrected chi connectivity index (χ2v) is 15.9. The monoisotopic (exact) mass is 884 g/mol. The van der Waals surface area contributed by atoms with Gasteiger partial charge in [0, 0.05) is 22.3 Å². The fourth-order valence-electron chi connectivity index (χ4n) is 8.20. The lowest BCUT2D eigenvalue weighted by Crippen LogP contribution is -2.00. The van der Waals surface area contributed by atoms with Gasteiger partial charge in [-0.1, -0.05) is 100 Å². The maximum absolute atomic E-state index is 13.4. The third-order valence-electron chi connectivity index (χ3n) is 11.5. The highest BCUT2D eigenvalue weighted by Gasteiger charge is 2.31. The van der Waals surface area contributed by atoms with E-state index in [4.69, 9.17) is 9.47 Å². The van der Waals surface area contributed by atoms with E-state index < -0.39 is 34.2 Å². The first-order chi connectivity index (χ1) is 32.8. The van der Waals surface area contributed by atoms with Gasteiger partial charge < -0.3 is 9.47 Å². The van der Waals surface area contributed by atoms with Crippen molar-refractivity contribution < 1.29 is 19.1 Å². The molecule has 12 nitrogen and oxygen atoms in total. The predicted octanol–water partition coefficient (Wildman–Crippen LogP) is 11.5. The quantitative estimate of drug-likeness (QED) is 0.0708. The van der Waals surface area contributed by atoms with Crippen LogP contribution in [-0.2, 0) is 9.47 Å². The number of hydrogen-bond donors (Lipinski definition) is 0. The van der Waals surface area contributed by atoms with E-state index >= 15 is 0 Å². The van der Waals surface area contributed by atoms with Gasteiger partial charge in [-0.05, 0) is 103 Å². The van der Waals surface area contributed by atoms with Gasteiger partial charge in [0.2, 0.25) is 0 Å². The number of ether oxygens (including phenoxy) is 2. The first kappa shape index (κ1) is 47.4. The smallest absolute Gasteiger partial charge is 0.338 e. The first-order valence-electron chi connectivity index (χ1n) is 20.8.